The van der Waals surface area contributed by atoms with Gasteiger partial charge in [-0.15, -0.1) is 0 Å². The third-order valence-corrected chi connectivity index (χ3v) is 2.86. The fraction of sp³-hybridized carbons (Fsp3) is 0.333. The first-order valence-electron chi connectivity index (χ1n) is 5.73. The van der Waals surface area contributed by atoms with Crippen LogP contribution in [0.4, 0.5) is 13.2 Å². The Bertz CT molecular complexity index is 552. The van der Waals surface area contributed by atoms with Gasteiger partial charge in [-0.3, -0.25) is 4.79 Å². The second kappa shape index (κ2) is 6.56. The van der Waals surface area contributed by atoms with Crippen LogP contribution in [0, 0.1) is 17.5 Å². The van der Waals surface area contributed by atoms with Gasteiger partial charge in [0.25, 0.3) is 5.91 Å². The van der Waals surface area contributed by atoms with Crippen molar-refractivity contribution in [2.24, 2.45) is 5.73 Å². The van der Waals surface area contributed by atoms with E-state index in [9.17, 15) is 18.0 Å². The second-order valence-corrected chi connectivity index (χ2v) is 4.51. The SMILES string of the molecule is CCN(CCC(N)=S)C(=O)c1cc(F)c(F)c(O)c1F. The smallest absolute Gasteiger partial charge is 0.257 e. The van der Waals surface area contributed by atoms with Crippen molar-refractivity contribution < 1.29 is 23.1 Å². The number of hydrogen-bond acceptors (Lipinski definition) is 3. The predicted octanol–water partition coefficient (Wildman–Crippen LogP) is 1.95. The van der Waals surface area contributed by atoms with Crippen LogP contribution in [-0.2, 0) is 0 Å². The summed E-state index contributed by atoms with van der Waals surface area (Å²) in [5.74, 6) is -7.13. The van der Waals surface area contributed by atoms with Crippen LogP contribution < -0.4 is 5.73 Å². The highest BCUT2D eigenvalue weighted by molar-refractivity contribution is 7.80. The molecule has 8 heteroatoms. The lowest BCUT2D eigenvalue weighted by molar-refractivity contribution is 0.0762. The molecule has 3 N–H and O–H groups in total. The Morgan fingerprint density at radius 3 is 2.50 bits per heavy atom. The number of benzene rings is 1. The Labute approximate surface area is 119 Å². The summed E-state index contributed by atoms with van der Waals surface area (Å²) in [6.07, 6.45) is 0.214. The predicted molar refractivity (Wildman–Crippen MR) is 71.0 cm³/mol. The lowest BCUT2D eigenvalue weighted by atomic mass is 10.1. The number of carbonyl (C=O) groups is 1. The van der Waals surface area contributed by atoms with Gasteiger partial charge in [-0.25, -0.2) is 8.78 Å². The number of rotatable bonds is 5. The molecule has 1 amide bonds. The Kier molecular flexibility index (Phi) is 5.32. The van der Waals surface area contributed by atoms with E-state index in [1.807, 2.05) is 0 Å². The molecule has 0 fully saturated rings. The molecule has 0 atom stereocenters. The van der Waals surface area contributed by atoms with Crippen molar-refractivity contribution in [3.05, 3.63) is 29.1 Å². The van der Waals surface area contributed by atoms with E-state index in [2.05, 4.69) is 12.2 Å². The molecule has 0 saturated carbocycles. The Balaban J connectivity index is 3.10. The molecular weight excluding hydrogens is 293 g/mol. The standard InChI is InChI=1S/C12H13F3N2O2S/c1-2-17(4-3-8(16)20)12(19)6-5-7(13)10(15)11(18)9(6)14/h5,18H,2-4H2,1H3,(H2,16,20). The summed E-state index contributed by atoms with van der Waals surface area (Å²) in [5.41, 5.74) is 4.56. The van der Waals surface area contributed by atoms with Gasteiger partial charge >= 0.3 is 0 Å². The van der Waals surface area contributed by atoms with Crippen LogP contribution in [0.2, 0.25) is 0 Å². The van der Waals surface area contributed by atoms with Crippen LogP contribution in [-0.4, -0.2) is 34.0 Å². The highest BCUT2D eigenvalue weighted by Crippen LogP contribution is 2.26. The van der Waals surface area contributed by atoms with Crippen molar-refractivity contribution in [2.75, 3.05) is 13.1 Å². The second-order valence-electron chi connectivity index (χ2n) is 3.98. The molecule has 0 heterocycles. The third kappa shape index (κ3) is 3.38. The van der Waals surface area contributed by atoms with Crippen LogP contribution in [0.15, 0.2) is 6.07 Å². The normalized spacial score (nSPS) is 10.4. The van der Waals surface area contributed by atoms with Crippen molar-refractivity contribution in [3.63, 3.8) is 0 Å². The number of phenols is 1. The minimum atomic E-state index is -1.73. The monoisotopic (exact) mass is 306 g/mol. The Morgan fingerprint density at radius 2 is 2.00 bits per heavy atom. The maximum atomic E-state index is 13.6. The number of hydrogen-bond donors (Lipinski definition) is 2. The molecule has 1 aromatic rings. The van der Waals surface area contributed by atoms with Crippen molar-refractivity contribution in [3.8, 4) is 5.75 Å². The third-order valence-electron chi connectivity index (χ3n) is 2.66. The molecule has 0 aromatic heterocycles. The minimum absolute atomic E-state index is 0.115. The zero-order valence-electron chi connectivity index (χ0n) is 10.6. The summed E-state index contributed by atoms with van der Waals surface area (Å²) in [5, 5.41) is 9.09. The summed E-state index contributed by atoms with van der Waals surface area (Å²) in [6.45, 7) is 1.93. The molecular formula is C12H13F3N2O2S. The summed E-state index contributed by atoms with van der Waals surface area (Å²) in [4.78, 5) is 13.4. The van der Waals surface area contributed by atoms with Gasteiger partial charge in [0.05, 0.1) is 10.6 Å². The molecule has 0 aliphatic carbocycles. The van der Waals surface area contributed by atoms with E-state index in [0.717, 1.165) is 4.90 Å². The van der Waals surface area contributed by atoms with Gasteiger partial charge in [-0.2, -0.15) is 4.39 Å². The van der Waals surface area contributed by atoms with Crippen molar-refractivity contribution >= 4 is 23.1 Å². The summed E-state index contributed by atoms with van der Waals surface area (Å²) < 4.78 is 39.7. The number of halogens is 3. The van der Waals surface area contributed by atoms with Gasteiger partial charge in [0.2, 0.25) is 5.82 Å². The van der Waals surface area contributed by atoms with E-state index < -0.39 is 34.7 Å². The van der Waals surface area contributed by atoms with Crippen molar-refractivity contribution in [1.29, 1.82) is 0 Å². The Morgan fingerprint density at radius 1 is 1.40 bits per heavy atom. The first-order chi connectivity index (χ1) is 9.29. The lowest BCUT2D eigenvalue weighted by Crippen LogP contribution is -2.34. The maximum Gasteiger partial charge on any atom is 0.257 e. The zero-order valence-corrected chi connectivity index (χ0v) is 11.4. The van der Waals surface area contributed by atoms with Crippen molar-refractivity contribution in [1.82, 2.24) is 4.90 Å². The van der Waals surface area contributed by atoms with Gasteiger partial charge in [-0.1, -0.05) is 12.2 Å². The van der Waals surface area contributed by atoms with Crippen LogP contribution in [0.5, 0.6) is 5.75 Å². The minimum Gasteiger partial charge on any atom is -0.503 e. The first kappa shape index (κ1) is 16.2. The van der Waals surface area contributed by atoms with Crippen LogP contribution in [0.1, 0.15) is 23.7 Å². The van der Waals surface area contributed by atoms with E-state index >= 15 is 0 Å². The molecule has 0 spiro atoms. The largest absolute Gasteiger partial charge is 0.503 e. The molecule has 1 rings (SSSR count). The van der Waals surface area contributed by atoms with Crippen molar-refractivity contribution in [2.45, 2.75) is 13.3 Å². The Hall–Kier alpha value is -1.83. The molecule has 0 aliphatic rings. The maximum absolute atomic E-state index is 13.6. The molecule has 110 valence electrons. The number of phenolic OH excluding ortho intramolecular Hbond substituents is 1. The number of aromatic hydroxyl groups is 1. The highest BCUT2D eigenvalue weighted by Gasteiger charge is 2.25. The summed E-state index contributed by atoms with van der Waals surface area (Å²) in [6, 6.07) is 0.413. The molecule has 0 aliphatic heterocycles. The number of carbonyl (C=O) groups excluding carboxylic acids is 1. The lowest BCUT2D eigenvalue weighted by Gasteiger charge is -2.21. The fourth-order valence-electron chi connectivity index (χ4n) is 1.56. The summed E-state index contributed by atoms with van der Waals surface area (Å²) in [7, 11) is 0. The van der Waals surface area contributed by atoms with Gasteiger partial charge in [0, 0.05) is 19.5 Å². The van der Waals surface area contributed by atoms with E-state index in [-0.39, 0.29) is 24.5 Å². The molecule has 1 aromatic carbocycles. The molecule has 0 unspecified atom stereocenters. The molecule has 4 nitrogen and oxygen atoms in total. The summed E-state index contributed by atoms with van der Waals surface area (Å²) >= 11 is 4.67. The molecule has 0 radical (unpaired) electrons. The van der Waals surface area contributed by atoms with Crippen LogP contribution in [0.3, 0.4) is 0 Å². The van der Waals surface area contributed by atoms with E-state index in [4.69, 9.17) is 10.8 Å². The van der Waals surface area contributed by atoms with Gasteiger partial charge < -0.3 is 15.7 Å². The van der Waals surface area contributed by atoms with Gasteiger partial charge in [0.1, 0.15) is 0 Å². The number of nitrogens with zero attached hydrogens (tertiary/aromatic N) is 1. The average molecular weight is 306 g/mol. The molecule has 0 bridgehead atoms. The number of thiocarbonyl (C=S) groups is 1. The van der Waals surface area contributed by atoms with Crippen LogP contribution in [0.25, 0.3) is 0 Å². The number of amides is 1. The van der Waals surface area contributed by atoms with E-state index in [0.29, 0.717) is 6.07 Å². The topological polar surface area (TPSA) is 66.6 Å². The van der Waals surface area contributed by atoms with Gasteiger partial charge in [0.15, 0.2) is 17.4 Å². The highest BCUT2D eigenvalue weighted by atomic mass is 32.1. The molecule has 0 saturated heterocycles. The fourth-order valence-corrected chi connectivity index (χ4v) is 1.66. The van der Waals surface area contributed by atoms with Crippen LogP contribution >= 0.6 is 12.2 Å². The number of nitrogens with two attached hydrogens (primary N) is 1. The first-order valence-corrected chi connectivity index (χ1v) is 6.14. The van der Waals surface area contributed by atoms with Gasteiger partial charge in [-0.05, 0) is 13.0 Å². The zero-order chi connectivity index (χ0) is 15.4. The quantitative estimate of drug-likeness (QED) is 0.644. The average Bonchev–Trinajstić information content (AvgIpc) is 2.40. The molecule has 20 heavy (non-hydrogen) atoms. The van der Waals surface area contributed by atoms with E-state index in [1.165, 1.54) is 0 Å². The van der Waals surface area contributed by atoms with E-state index in [1.54, 1.807) is 6.92 Å².